The third-order valence-electron chi connectivity index (χ3n) is 6.88. The Hall–Kier alpha value is -3.96. The van der Waals surface area contributed by atoms with Crippen molar-refractivity contribution in [3.05, 3.63) is 131 Å². The van der Waals surface area contributed by atoms with Gasteiger partial charge in [-0.05, 0) is 63.5 Å². The lowest BCUT2D eigenvalue weighted by molar-refractivity contribution is -0.0438. The van der Waals surface area contributed by atoms with Crippen molar-refractivity contribution in [2.75, 3.05) is 0 Å². The summed E-state index contributed by atoms with van der Waals surface area (Å²) in [6.45, 7) is 0. The van der Waals surface area contributed by atoms with Crippen molar-refractivity contribution in [3.63, 3.8) is 0 Å². The van der Waals surface area contributed by atoms with Gasteiger partial charge >= 0.3 is 11.9 Å². The molecule has 0 amide bonds. The Labute approximate surface area is 223 Å². The van der Waals surface area contributed by atoms with Crippen LogP contribution in [0, 0.1) is 0 Å². The van der Waals surface area contributed by atoms with Crippen molar-refractivity contribution in [3.8, 4) is 0 Å². The van der Waals surface area contributed by atoms with Gasteiger partial charge in [-0.3, -0.25) is 0 Å². The minimum atomic E-state index is -0.757. The number of ether oxygens (including phenoxy) is 2. The normalized spacial score (nSPS) is 18.8. The van der Waals surface area contributed by atoms with E-state index < -0.39 is 24.1 Å². The van der Waals surface area contributed by atoms with Crippen LogP contribution in [0.4, 0.5) is 0 Å². The smallest absolute Gasteiger partial charge is 0.338 e. The number of benzene rings is 5. The molecule has 0 N–H and O–H groups in total. The number of fused-ring (bicyclic) bond motifs is 4. The van der Waals surface area contributed by atoms with Crippen LogP contribution in [0.3, 0.4) is 0 Å². The lowest BCUT2D eigenvalue weighted by Crippen LogP contribution is -2.34. The molecule has 6 rings (SSSR count). The van der Waals surface area contributed by atoms with Crippen molar-refractivity contribution in [1.29, 1.82) is 0 Å². The summed E-state index contributed by atoms with van der Waals surface area (Å²) in [7, 11) is 0. The molecular formula is C32H23BrO4. The van der Waals surface area contributed by atoms with E-state index in [0.717, 1.165) is 32.7 Å². The maximum atomic E-state index is 13.2. The first-order chi connectivity index (χ1) is 18.1. The Bertz CT molecular complexity index is 1610. The highest BCUT2D eigenvalue weighted by Crippen LogP contribution is 2.46. The molecule has 0 aliphatic heterocycles. The van der Waals surface area contributed by atoms with Crippen LogP contribution < -0.4 is 0 Å². The number of esters is 2. The molecule has 0 bridgehead atoms. The fraction of sp³-hybridized carbons (Fsp3) is 0.125. The van der Waals surface area contributed by atoms with Crippen molar-refractivity contribution in [1.82, 2.24) is 0 Å². The summed E-state index contributed by atoms with van der Waals surface area (Å²) in [5.41, 5.74) is 2.77. The van der Waals surface area contributed by atoms with Crippen LogP contribution in [-0.2, 0) is 9.47 Å². The summed E-state index contributed by atoms with van der Waals surface area (Å²) in [5, 5.41) is 4.42. The van der Waals surface area contributed by atoms with Crippen LogP contribution in [0.1, 0.15) is 49.2 Å². The first-order valence-electron chi connectivity index (χ1n) is 12.2. The van der Waals surface area contributed by atoms with Gasteiger partial charge in [-0.15, -0.1) is 0 Å². The third kappa shape index (κ3) is 4.51. The Balaban J connectivity index is 1.46. The molecule has 1 aliphatic carbocycles. The summed E-state index contributed by atoms with van der Waals surface area (Å²) in [4.78, 5) is 26.2. The van der Waals surface area contributed by atoms with Gasteiger partial charge in [-0.2, -0.15) is 0 Å². The lowest BCUT2D eigenvalue weighted by atomic mass is 9.84. The zero-order chi connectivity index (χ0) is 25.4. The van der Waals surface area contributed by atoms with Crippen LogP contribution in [0.15, 0.2) is 109 Å². The van der Waals surface area contributed by atoms with Crippen LogP contribution in [0.25, 0.3) is 21.5 Å². The van der Waals surface area contributed by atoms with Gasteiger partial charge in [-0.25, -0.2) is 9.59 Å². The number of rotatable bonds is 4. The highest BCUT2D eigenvalue weighted by Gasteiger charge is 2.40. The van der Waals surface area contributed by atoms with Crippen LogP contribution >= 0.6 is 15.9 Å². The largest absolute Gasteiger partial charge is 0.454 e. The van der Waals surface area contributed by atoms with E-state index in [-0.39, 0.29) is 4.83 Å². The summed E-state index contributed by atoms with van der Waals surface area (Å²) >= 11 is 3.82. The number of hydrogen-bond donors (Lipinski definition) is 0. The van der Waals surface area contributed by atoms with Gasteiger partial charge in [0.1, 0.15) is 6.10 Å². The minimum absolute atomic E-state index is 0.0707. The summed E-state index contributed by atoms with van der Waals surface area (Å²) in [6, 6.07) is 34.5. The predicted molar refractivity (Wildman–Crippen MR) is 148 cm³/mol. The van der Waals surface area contributed by atoms with Gasteiger partial charge in [0.25, 0.3) is 0 Å². The van der Waals surface area contributed by atoms with Crippen LogP contribution in [0.2, 0.25) is 0 Å². The molecule has 0 unspecified atom stereocenters. The quantitative estimate of drug-likeness (QED) is 0.129. The van der Waals surface area contributed by atoms with Gasteiger partial charge in [0.15, 0.2) is 6.10 Å². The number of hydrogen-bond acceptors (Lipinski definition) is 4. The molecule has 4 nitrogen and oxygen atoms in total. The molecule has 0 spiro atoms. The van der Waals surface area contributed by atoms with E-state index >= 15 is 0 Å². The molecule has 3 atom stereocenters. The standard InChI is InChI=1S/C32H23BrO4/c33-28-19-29(36-31(34)21-10-3-1-4-11-21)30(37-32(35)22-12-5-2-6-13-22)27-18-25-23(17-26(27)28)16-15-20-9-7-8-14-24(20)25/h1-18,28-30H,19H2/t28-,29-,30-/m1/s1. The minimum Gasteiger partial charge on any atom is -0.454 e. The zero-order valence-corrected chi connectivity index (χ0v) is 21.4. The Kier molecular flexibility index (Phi) is 6.23. The summed E-state index contributed by atoms with van der Waals surface area (Å²) in [6.07, 6.45) is -0.950. The van der Waals surface area contributed by atoms with E-state index in [0.29, 0.717) is 17.5 Å². The average molecular weight is 551 g/mol. The second-order valence-electron chi connectivity index (χ2n) is 9.19. The Morgan fingerprint density at radius 2 is 1.22 bits per heavy atom. The van der Waals surface area contributed by atoms with E-state index in [9.17, 15) is 9.59 Å². The molecule has 0 saturated carbocycles. The molecule has 1 aliphatic rings. The first-order valence-corrected chi connectivity index (χ1v) is 13.1. The predicted octanol–water partition coefficient (Wildman–Crippen LogP) is 7.96. The van der Waals surface area contributed by atoms with Crippen molar-refractivity contribution in [2.24, 2.45) is 0 Å². The number of alkyl halides is 1. The van der Waals surface area contributed by atoms with Crippen molar-refractivity contribution in [2.45, 2.75) is 23.5 Å². The average Bonchev–Trinajstić information content (AvgIpc) is 2.95. The maximum Gasteiger partial charge on any atom is 0.338 e. The molecule has 0 radical (unpaired) electrons. The zero-order valence-electron chi connectivity index (χ0n) is 19.8. The van der Waals surface area contributed by atoms with Crippen LogP contribution in [-0.4, -0.2) is 18.0 Å². The number of carbonyl (C=O) groups excluding carboxylic acids is 2. The molecule has 0 heterocycles. The first kappa shape index (κ1) is 23.4. The topological polar surface area (TPSA) is 52.6 Å². The van der Waals surface area contributed by atoms with E-state index in [4.69, 9.17) is 9.47 Å². The number of carbonyl (C=O) groups is 2. The second-order valence-corrected chi connectivity index (χ2v) is 10.3. The molecule has 0 aromatic heterocycles. The fourth-order valence-electron chi connectivity index (χ4n) is 5.05. The molecule has 5 aromatic rings. The van der Waals surface area contributed by atoms with E-state index in [1.165, 1.54) is 0 Å². The number of halogens is 1. The SMILES string of the molecule is O=C(O[C@@H]1c2cc3c(ccc4ccccc43)cc2[C@H](Br)C[C@H]1OC(=O)c1ccccc1)c1ccccc1. The molecule has 5 heteroatoms. The van der Waals surface area contributed by atoms with Gasteiger partial charge in [-0.1, -0.05) is 88.7 Å². The maximum absolute atomic E-state index is 13.2. The highest BCUT2D eigenvalue weighted by atomic mass is 79.9. The monoisotopic (exact) mass is 550 g/mol. The lowest BCUT2D eigenvalue weighted by Gasteiger charge is -2.35. The van der Waals surface area contributed by atoms with Gasteiger partial charge in [0.2, 0.25) is 0 Å². The Morgan fingerprint density at radius 1 is 0.622 bits per heavy atom. The van der Waals surface area contributed by atoms with Gasteiger partial charge < -0.3 is 9.47 Å². The molecular weight excluding hydrogens is 528 g/mol. The second kappa shape index (κ2) is 9.83. The summed E-state index contributed by atoms with van der Waals surface area (Å²) < 4.78 is 12.1. The molecule has 0 fully saturated rings. The van der Waals surface area contributed by atoms with E-state index in [2.05, 4.69) is 52.3 Å². The van der Waals surface area contributed by atoms with Crippen molar-refractivity contribution < 1.29 is 19.1 Å². The molecule has 5 aromatic carbocycles. The van der Waals surface area contributed by atoms with Gasteiger partial charge in [0, 0.05) is 16.8 Å². The van der Waals surface area contributed by atoms with E-state index in [1.807, 2.05) is 24.3 Å². The molecule has 0 saturated heterocycles. The summed E-state index contributed by atoms with van der Waals surface area (Å²) in [5.74, 6) is -0.899. The Morgan fingerprint density at radius 3 is 1.92 bits per heavy atom. The van der Waals surface area contributed by atoms with Crippen molar-refractivity contribution >= 4 is 49.4 Å². The van der Waals surface area contributed by atoms with Gasteiger partial charge in [0.05, 0.1) is 11.1 Å². The third-order valence-corrected chi connectivity index (χ3v) is 7.75. The fourth-order valence-corrected chi connectivity index (χ4v) is 5.81. The molecule has 37 heavy (non-hydrogen) atoms. The highest BCUT2D eigenvalue weighted by molar-refractivity contribution is 9.09. The van der Waals surface area contributed by atoms with E-state index in [1.54, 1.807) is 48.5 Å². The molecule has 182 valence electrons. The van der Waals surface area contributed by atoms with Crippen LogP contribution in [0.5, 0.6) is 0 Å².